The van der Waals surface area contributed by atoms with E-state index in [2.05, 4.69) is 0 Å². The van der Waals surface area contributed by atoms with E-state index in [0.717, 1.165) is 0 Å². The minimum atomic E-state index is -2.13. The Bertz CT molecular complexity index is 413. The summed E-state index contributed by atoms with van der Waals surface area (Å²) in [5.74, 6) is -9.48. The lowest BCUT2D eigenvalue weighted by molar-refractivity contribution is 0.362. The van der Waals surface area contributed by atoms with E-state index in [0.29, 0.717) is 6.32 Å². The molecule has 0 spiro atoms. The summed E-state index contributed by atoms with van der Waals surface area (Å²) in [6, 6.07) is 0. The van der Waals surface area contributed by atoms with Crippen molar-refractivity contribution < 1.29 is 22.0 Å². The van der Waals surface area contributed by atoms with Gasteiger partial charge in [0.1, 0.15) is 7.28 Å². The molecular weight excluding hydrogens is 238 g/mol. The molecule has 0 nitrogen and oxygen atoms in total. The highest BCUT2D eigenvalue weighted by atomic mass is 19.2. The van der Waals surface area contributed by atoms with Crippen molar-refractivity contribution in [2.75, 3.05) is 0 Å². The van der Waals surface area contributed by atoms with Gasteiger partial charge in [-0.25, -0.2) is 22.0 Å². The van der Waals surface area contributed by atoms with Crippen molar-refractivity contribution in [2.45, 2.75) is 32.4 Å². The molecule has 17 heavy (non-hydrogen) atoms. The molecule has 0 N–H and O–H groups in total. The van der Waals surface area contributed by atoms with Crippen LogP contribution >= 0.6 is 0 Å². The fourth-order valence-electron chi connectivity index (χ4n) is 1.78. The van der Waals surface area contributed by atoms with Crippen LogP contribution in [0.1, 0.15) is 26.3 Å². The monoisotopic (exact) mass is 249 g/mol. The van der Waals surface area contributed by atoms with E-state index in [9.17, 15) is 22.0 Å². The highest BCUT2D eigenvalue weighted by Crippen LogP contribution is 2.32. The molecule has 0 saturated heterocycles. The molecule has 1 rings (SSSR count). The standard InChI is InChI=1S/C11H11BF5/c1-4-12-11(2,3)5-6(13)8(15)10(17)9(16)7(5)14/h4H2,1-3H3. The van der Waals surface area contributed by atoms with Gasteiger partial charge in [-0.3, -0.25) is 0 Å². The molecule has 0 aromatic heterocycles. The highest BCUT2D eigenvalue weighted by Gasteiger charge is 2.34. The van der Waals surface area contributed by atoms with E-state index in [1.807, 2.05) is 0 Å². The van der Waals surface area contributed by atoms with E-state index in [4.69, 9.17) is 0 Å². The SMILES string of the molecule is CC[B]C(C)(C)c1c(F)c(F)c(F)c(F)c1F. The Hall–Kier alpha value is -1.07. The van der Waals surface area contributed by atoms with Gasteiger partial charge >= 0.3 is 0 Å². The van der Waals surface area contributed by atoms with Crippen LogP contribution in [0.25, 0.3) is 0 Å². The molecule has 0 atom stereocenters. The van der Waals surface area contributed by atoms with Gasteiger partial charge in [-0.2, -0.15) is 0 Å². The molecule has 0 aliphatic rings. The van der Waals surface area contributed by atoms with Crippen molar-refractivity contribution in [2.24, 2.45) is 0 Å². The minimum absolute atomic E-state index is 0.451. The zero-order valence-corrected chi connectivity index (χ0v) is 9.67. The van der Waals surface area contributed by atoms with Crippen molar-refractivity contribution >= 4 is 7.28 Å². The first-order valence-corrected chi connectivity index (χ1v) is 5.10. The number of halogens is 5. The fourth-order valence-corrected chi connectivity index (χ4v) is 1.78. The second kappa shape index (κ2) is 4.66. The molecule has 0 aliphatic heterocycles. The molecule has 0 bridgehead atoms. The second-order valence-corrected chi connectivity index (χ2v) is 4.28. The number of rotatable bonds is 3. The van der Waals surface area contributed by atoms with Gasteiger partial charge in [-0.1, -0.05) is 27.1 Å². The maximum absolute atomic E-state index is 13.5. The van der Waals surface area contributed by atoms with Crippen molar-refractivity contribution in [1.82, 2.24) is 0 Å². The van der Waals surface area contributed by atoms with Crippen LogP contribution in [0, 0.1) is 29.1 Å². The van der Waals surface area contributed by atoms with Crippen molar-refractivity contribution in [3.8, 4) is 0 Å². The van der Waals surface area contributed by atoms with Crippen LogP contribution in [0.2, 0.25) is 6.32 Å². The van der Waals surface area contributed by atoms with Crippen LogP contribution in [-0.2, 0) is 5.31 Å². The lowest BCUT2D eigenvalue weighted by Crippen LogP contribution is -2.29. The average Bonchev–Trinajstić information content (AvgIpc) is 2.23. The van der Waals surface area contributed by atoms with Gasteiger partial charge in [-0.05, 0) is 5.31 Å². The van der Waals surface area contributed by atoms with Crippen LogP contribution in [0.5, 0.6) is 0 Å². The van der Waals surface area contributed by atoms with Gasteiger partial charge in [-0.15, -0.1) is 0 Å². The molecule has 93 valence electrons. The topological polar surface area (TPSA) is 0 Å². The third-order valence-electron chi connectivity index (χ3n) is 2.57. The first-order chi connectivity index (χ1) is 7.74. The first-order valence-electron chi connectivity index (χ1n) is 5.10. The summed E-state index contributed by atoms with van der Waals surface area (Å²) in [4.78, 5) is 0. The Kier molecular flexibility index (Phi) is 3.84. The smallest absolute Gasteiger partial charge is 0.200 e. The van der Waals surface area contributed by atoms with Crippen molar-refractivity contribution in [1.29, 1.82) is 0 Å². The molecule has 1 radical (unpaired) electrons. The Balaban J connectivity index is 3.54. The average molecular weight is 249 g/mol. The van der Waals surface area contributed by atoms with Crippen LogP contribution in [0.15, 0.2) is 0 Å². The number of hydrogen-bond donors (Lipinski definition) is 0. The predicted molar refractivity (Wildman–Crippen MR) is 55.5 cm³/mol. The summed E-state index contributed by atoms with van der Waals surface area (Å²) in [7, 11) is 1.49. The maximum atomic E-state index is 13.5. The first kappa shape index (κ1) is 14.0. The van der Waals surface area contributed by atoms with Crippen molar-refractivity contribution in [3.05, 3.63) is 34.6 Å². The molecule has 1 aromatic carbocycles. The summed E-state index contributed by atoms with van der Waals surface area (Å²) in [6.45, 7) is 4.51. The molecule has 0 unspecified atom stereocenters. The Morgan fingerprint density at radius 3 is 1.53 bits per heavy atom. The normalized spacial score (nSPS) is 11.8. The Morgan fingerprint density at radius 1 is 0.824 bits per heavy atom. The Morgan fingerprint density at radius 2 is 1.18 bits per heavy atom. The van der Waals surface area contributed by atoms with Gasteiger partial charge in [0.15, 0.2) is 23.3 Å². The molecule has 6 heteroatoms. The third-order valence-corrected chi connectivity index (χ3v) is 2.57. The molecule has 0 fully saturated rings. The molecular formula is C11H11BF5. The van der Waals surface area contributed by atoms with Gasteiger partial charge in [0.25, 0.3) is 0 Å². The van der Waals surface area contributed by atoms with E-state index in [-0.39, 0.29) is 0 Å². The van der Waals surface area contributed by atoms with Crippen LogP contribution in [-0.4, -0.2) is 7.28 Å². The largest absolute Gasteiger partial charge is 0.203 e. The van der Waals surface area contributed by atoms with E-state index in [1.165, 1.54) is 21.1 Å². The summed E-state index contributed by atoms with van der Waals surface area (Å²) in [5.41, 5.74) is -0.796. The lowest BCUT2D eigenvalue weighted by Gasteiger charge is -2.25. The fraction of sp³-hybridized carbons (Fsp3) is 0.455. The second-order valence-electron chi connectivity index (χ2n) is 4.28. The third kappa shape index (κ3) is 2.30. The van der Waals surface area contributed by atoms with Gasteiger partial charge < -0.3 is 0 Å². The van der Waals surface area contributed by atoms with E-state index >= 15 is 0 Å². The van der Waals surface area contributed by atoms with Crippen LogP contribution < -0.4 is 0 Å². The maximum Gasteiger partial charge on any atom is 0.200 e. The highest BCUT2D eigenvalue weighted by molar-refractivity contribution is 6.39. The molecule has 0 amide bonds. The van der Waals surface area contributed by atoms with E-state index in [1.54, 1.807) is 6.92 Å². The van der Waals surface area contributed by atoms with Gasteiger partial charge in [0, 0.05) is 5.56 Å². The molecule has 0 aliphatic carbocycles. The Labute approximate surface area is 97.1 Å². The summed E-state index contributed by atoms with van der Waals surface area (Å²) < 4.78 is 65.8. The van der Waals surface area contributed by atoms with Gasteiger partial charge in [0.2, 0.25) is 5.82 Å². The van der Waals surface area contributed by atoms with Crippen LogP contribution in [0.3, 0.4) is 0 Å². The van der Waals surface area contributed by atoms with Crippen LogP contribution in [0.4, 0.5) is 22.0 Å². The summed E-state index contributed by atoms with van der Waals surface area (Å²) in [6.07, 6.45) is 0.451. The predicted octanol–water partition coefficient (Wildman–Crippen LogP) is 3.76. The molecule has 1 aromatic rings. The summed E-state index contributed by atoms with van der Waals surface area (Å²) in [5, 5.41) is -1.22. The zero-order chi connectivity index (χ0) is 13.4. The summed E-state index contributed by atoms with van der Waals surface area (Å²) >= 11 is 0. The van der Waals surface area contributed by atoms with E-state index < -0.39 is 40.0 Å². The molecule has 0 saturated carbocycles. The number of benzene rings is 1. The number of hydrogen-bond acceptors (Lipinski definition) is 0. The lowest BCUT2D eigenvalue weighted by atomic mass is 9.50. The molecule has 0 heterocycles. The minimum Gasteiger partial charge on any atom is -0.203 e. The van der Waals surface area contributed by atoms with Gasteiger partial charge in [0.05, 0.1) is 0 Å². The quantitative estimate of drug-likeness (QED) is 0.331. The van der Waals surface area contributed by atoms with Crippen molar-refractivity contribution in [3.63, 3.8) is 0 Å². The zero-order valence-electron chi connectivity index (χ0n) is 9.67.